The Hall–Kier alpha value is -2.94. The molecule has 0 aliphatic carbocycles. The van der Waals surface area contributed by atoms with Crippen LogP contribution in [0.2, 0.25) is 0 Å². The summed E-state index contributed by atoms with van der Waals surface area (Å²) in [5.41, 5.74) is 6.29. The first kappa shape index (κ1) is 23.7. The third-order valence-electron chi connectivity index (χ3n) is 5.86. The van der Waals surface area contributed by atoms with Gasteiger partial charge in [-0.3, -0.25) is 4.98 Å². The lowest BCUT2D eigenvalue weighted by Crippen LogP contribution is -2.11. The zero-order chi connectivity index (χ0) is 22.8. The van der Waals surface area contributed by atoms with Gasteiger partial charge in [0, 0.05) is 11.9 Å². The number of carbonyl (C=O) groups is 1. The number of hydrogen-bond acceptors (Lipinski definition) is 3. The minimum atomic E-state index is -0.321. The molecule has 3 rings (SSSR count). The molecule has 3 heteroatoms. The summed E-state index contributed by atoms with van der Waals surface area (Å²) in [6.45, 7) is 6.41. The van der Waals surface area contributed by atoms with E-state index in [9.17, 15) is 4.79 Å². The third-order valence-corrected chi connectivity index (χ3v) is 5.86. The normalized spacial score (nSPS) is 11.8. The van der Waals surface area contributed by atoms with Gasteiger partial charge >= 0.3 is 5.97 Å². The van der Waals surface area contributed by atoms with E-state index in [4.69, 9.17) is 4.74 Å². The minimum absolute atomic E-state index is 0.271. The number of nitrogens with zero attached hydrogens (tertiary/aromatic N) is 1. The summed E-state index contributed by atoms with van der Waals surface area (Å²) >= 11 is 0. The molecular weight excluding hydrogens is 394 g/mol. The molecule has 0 saturated heterocycles. The number of benzene rings is 2. The van der Waals surface area contributed by atoms with E-state index in [1.165, 1.54) is 29.5 Å². The SMILES string of the molecule is CCCCc1ccc(-c2ccc(C(CC)OC(=O)c3ccc(CCCC)nc3)cc2)cc1. The second kappa shape index (κ2) is 12.2. The number of ether oxygens (including phenoxy) is 1. The molecule has 0 saturated carbocycles. The third kappa shape index (κ3) is 6.53. The lowest BCUT2D eigenvalue weighted by atomic mass is 9.99. The van der Waals surface area contributed by atoms with Gasteiger partial charge < -0.3 is 4.74 Å². The molecule has 1 aromatic heterocycles. The molecule has 1 unspecified atom stereocenters. The Morgan fingerprint density at radius 3 is 2.00 bits per heavy atom. The molecule has 1 atom stereocenters. The van der Waals surface area contributed by atoms with Crippen LogP contribution in [-0.4, -0.2) is 11.0 Å². The largest absolute Gasteiger partial charge is 0.454 e. The van der Waals surface area contributed by atoms with Crippen LogP contribution in [-0.2, 0) is 17.6 Å². The molecule has 0 radical (unpaired) electrons. The van der Waals surface area contributed by atoms with Crippen LogP contribution in [0, 0.1) is 0 Å². The van der Waals surface area contributed by atoms with Gasteiger partial charge in [0.1, 0.15) is 6.10 Å². The summed E-state index contributed by atoms with van der Waals surface area (Å²) in [5.74, 6) is -0.321. The first-order chi connectivity index (χ1) is 15.6. The summed E-state index contributed by atoms with van der Waals surface area (Å²) in [5, 5.41) is 0. The molecule has 2 aromatic carbocycles. The number of unbranched alkanes of at least 4 members (excludes halogenated alkanes) is 2. The quantitative estimate of drug-likeness (QED) is 0.293. The molecule has 168 valence electrons. The van der Waals surface area contributed by atoms with Crippen LogP contribution >= 0.6 is 0 Å². The van der Waals surface area contributed by atoms with Gasteiger partial charge in [0.25, 0.3) is 0 Å². The highest BCUT2D eigenvalue weighted by molar-refractivity contribution is 5.89. The topological polar surface area (TPSA) is 39.2 Å². The highest BCUT2D eigenvalue weighted by Gasteiger charge is 2.17. The first-order valence-corrected chi connectivity index (χ1v) is 12.0. The standard InChI is InChI=1S/C29H35NO2/c1-4-7-9-22-11-13-23(14-12-22)24-15-17-25(18-16-24)28(6-3)32-29(31)26-19-20-27(30-21-26)10-8-5-2/h11-21,28H,4-10H2,1-3H3. The first-order valence-electron chi connectivity index (χ1n) is 12.0. The number of aryl methyl sites for hydroxylation is 2. The summed E-state index contributed by atoms with van der Waals surface area (Å²) < 4.78 is 5.81. The van der Waals surface area contributed by atoms with Gasteiger partial charge in [0.2, 0.25) is 0 Å². The van der Waals surface area contributed by atoms with Crippen LogP contribution in [0.4, 0.5) is 0 Å². The lowest BCUT2D eigenvalue weighted by Gasteiger charge is -2.17. The zero-order valence-electron chi connectivity index (χ0n) is 19.6. The van der Waals surface area contributed by atoms with E-state index in [1.807, 2.05) is 19.1 Å². The van der Waals surface area contributed by atoms with Crippen molar-refractivity contribution in [3.8, 4) is 11.1 Å². The Morgan fingerprint density at radius 1 is 0.812 bits per heavy atom. The van der Waals surface area contributed by atoms with E-state index < -0.39 is 0 Å². The predicted molar refractivity (Wildman–Crippen MR) is 132 cm³/mol. The number of carbonyl (C=O) groups excluding carboxylic acids is 1. The molecular formula is C29H35NO2. The van der Waals surface area contributed by atoms with Crippen LogP contribution in [0.25, 0.3) is 11.1 Å². The average molecular weight is 430 g/mol. The summed E-state index contributed by atoms with van der Waals surface area (Å²) in [6, 6.07) is 20.9. The van der Waals surface area contributed by atoms with E-state index in [-0.39, 0.29) is 12.1 Å². The van der Waals surface area contributed by atoms with Crippen molar-refractivity contribution in [3.05, 3.63) is 89.2 Å². The summed E-state index contributed by atoms with van der Waals surface area (Å²) in [6.07, 6.45) is 8.84. The molecule has 0 aliphatic rings. The smallest absolute Gasteiger partial charge is 0.340 e. The second-order valence-electron chi connectivity index (χ2n) is 8.37. The molecule has 0 amide bonds. The van der Waals surface area contributed by atoms with Crippen molar-refractivity contribution < 1.29 is 9.53 Å². The van der Waals surface area contributed by atoms with Crippen molar-refractivity contribution in [1.29, 1.82) is 0 Å². The van der Waals surface area contributed by atoms with Gasteiger partial charge in [0.15, 0.2) is 0 Å². The van der Waals surface area contributed by atoms with Crippen LogP contribution in [0.1, 0.15) is 86.2 Å². The Kier molecular flexibility index (Phi) is 9.03. The highest BCUT2D eigenvalue weighted by atomic mass is 16.5. The monoisotopic (exact) mass is 429 g/mol. The van der Waals surface area contributed by atoms with E-state index in [0.717, 1.165) is 43.4 Å². The number of aromatic nitrogens is 1. The number of pyridine rings is 1. The predicted octanol–water partition coefficient (Wildman–Crippen LogP) is 7.74. The fraction of sp³-hybridized carbons (Fsp3) is 0.379. The molecule has 32 heavy (non-hydrogen) atoms. The van der Waals surface area contributed by atoms with Crippen LogP contribution < -0.4 is 0 Å². The van der Waals surface area contributed by atoms with Crippen LogP contribution in [0.3, 0.4) is 0 Å². The van der Waals surface area contributed by atoms with Gasteiger partial charge in [0.05, 0.1) is 5.56 Å². The van der Waals surface area contributed by atoms with Crippen LogP contribution in [0.15, 0.2) is 66.9 Å². The van der Waals surface area contributed by atoms with Gasteiger partial charge in [-0.2, -0.15) is 0 Å². The molecule has 0 aliphatic heterocycles. The van der Waals surface area contributed by atoms with Crippen molar-refractivity contribution in [3.63, 3.8) is 0 Å². The van der Waals surface area contributed by atoms with E-state index in [2.05, 4.69) is 67.4 Å². The van der Waals surface area contributed by atoms with E-state index in [0.29, 0.717) is 5.56 Å². The van der Waals surface area contributed by atoms with Gasteiger partial charge in [-0.25, -0.2) is 4.79 Å². The Bertz CT molecular complexity index is 960. The highest BCUT2D eigenvalue weighted by Crippen LogP contribution is 2.27. The molecule has 0 bridgehead atoms. The molecule has 1 heterocycles. The van der Waals surface area contributed by atoms with Crippen molar-refractivity contribution in [2.24, 2.45) is 0 Å². The maximum Gasteiger partial charge on any atom is 0.340 e. The second-order valence-corrected chi connectivity index (χ2v) is 8.37. The van der Waals surface area contributed by atoms with Gasteiger partial charge in [-0.1, -0.05) is 82.1 Å². The van der Waals surface area contributed by atoms with Crippen molar-refractivity contribution in [2.75, 3.05) is 0 Å². The molecule has 0 spiro atoms. The average Bonchev–Trinajstić information content (AvgIpc) is 2.85. The van der Waals surface area contributed by atoms with Crippen LogP contribution in [0.5, 0.6) is 0 Å². The van der Waals surface area contributed by atoms with Gasteiger partial charge in [-0.05, 0) is 66.5 Å². The number of hydrogen-bond donors (Lipinski definition) is 0. The fourth-order valence-corrected chi connectivity index (χ4v) is 3.77. The lowest BCUT2D eigenvalue weighted by molar-refractivity contribution is 0.0287. The zero-order valence-corrected chi connectivity index (χ0v) is 19.6. The Labute approximate surface area is 192 Å². The van der Waals surface area contributed by atoms with Crippen molar-refractivity contribution in [2.45, 2.75) is 71.8 Å². The van der Waals surface area contributed by atoms with Crippen molar-refractivity contribution >= 4 is 5.97 Å². The molecule has 3 aromatic rings. The molecule has 0 N–H and O–H groups in total. The number of rotatable bonds is 11. The van der Waals surface area contributed by atoms with E-state index >= 15 is 0 Å². The summed E-state index contributed by atoms with van der Waals surface area (Å²) in [4.78, 5) is 17.1. The fourth-order valence-electron chi connectivity index (χ4n) is 3.77. The Morgan fingerprint density at radius 2 is 1.44 bits per heavy atom. The maximum atomic E-state index is 12.6. The van der Waals surface area contributed by atoms with E-state index in [1.54, 1.807) is 6.20 Å². The summed E-state index contributed by atoms with van der Waals surface area (Å²) in [7, 11) is 0. The van der Waals surface area contributed by atoms with Crippen molar-refractivity contribution in [1.82, 2.24) is 4.98 Å². The van der Waals surface area contributed by atoms with Gasteiger partial charge in [-0.15, -0.1) is 0 Å². The Balaban J connectivity index is 1.64. The number of esters is 1. The molecule has 0 fully saturated rings. The minimum Gasteiger partial charge on any atom is -0.454 e. The molecule has 3 nitrogen and oxygen atoms in total. The maximum absolute atomic E-state index is 12.6.